The molecule has 0 aromatic carbocycles. The van der Waals surface area contributed by atoms with Crippen LogP contribution in [0.1, 0.15) is 104 Å². The first kappa shape index (κ1) is 22.9. The summed E-state index contributed by atoms with van der Waals surface area (Å²) in [5, 5.41) is 18.4. The summed E-state index contributed by atoms with van der Waals surface area (Å²) in [7, 11) is 0. The minimum atomic E-state index is -0.643. The van der Waals surface area contributed by atoms with Crippen LogP contribution in [-0.2, 0) is 9.59 Å². The molecule has 0 heterocycles. The first-order valence-corrected chi connectivity index (χ1v) is 9.98. The highest BCUT2D eigenvalue weighted by Crippen LogP contribution is 2.20. The van der Waals surface area contributed by atoms with Crippen molar-refractivity contribution in [2.45, 2.75) is 104 Å². The molecule has 2 N–H and O–H groups in total. The van der Waals surface area contributed by atoms with Crippen LogP contribution >= 0.6 is 0 Å². The molecule has 0 aliphatic rings. The largest absolute Gasteiger partial charge is 0.481 e. The van der Waals surface area contributed by atoms with Gasteiger partial charge in [-0.2, -0.15) is 0 Å². The Morgan fingerprint density at radius 1 is 0.583 bits per heavy atom. The average molecular weight is 343 g/mol. The van der Waals surface area contributed by atoms with Crippen LogP contribution in [0, 0.1) is 11.8 Å². The lowest BCUT2D eigenvalue weighted by Crippen LogP contribution is -2.13. The molecular formula is C20H38O4. The van der Waals surface area contributed by atoms with E-state index in [0.29, 0.717) is 0 Å². The highest BCUT2D eigenvalue weighted by atomic mass is 16.4. The van der Waals surface area contributed by atoms with Crippen LogP contribution < -0.4 is 0 Å². The van der Waals surface area contributed by atoms with Gasteiger partial charge >= 0.3 is 11.9 Å². The zero-order valence-electron chi connectivity index (χ0n) is 15.8. The fourth-order valence-corrected chi connectivity index (χ4v) is 3.17. The molecule has 4 nitrogen and oxygen atoms in total. The van der Waals surface area contributed by atoms with Crippen LogP contribution in [0.2, 0.25) is 0 Å². The van der Waals surface area contributed by atoms with Gasteiger partial charge < -0.3 is 10.2 Å². The predicted octanol–water partition coefficient (Wildman–Crippen LogP) is 5.89. The minimum Gasteiger partial charge on any atom is -0.481 e. The van der Waals surface area contributed by atoms with Gasteiger partial charge in [-0.15, -0.1) is 0 Å². The second-order valence-electron chi connectivity index (χ2n) is 7.05. The summed E-state index contributed by atoms with van der Waals surface area (Å²) in [6.07, 6.45) is 13.8. The van der Waals surface area contributed by atoms with Crippen molar-refractivity contribution >= 4 is 11.9 Å². The number of hydrogen-bond acceptors (Lipinski definition) is 2. The maximum Gasteiger partial charge on any atom is 0.306 e. The molecule has 142 valence electrons. The van der Waals surface area contributed by atoms with E-state index in [1.165, 1.54) is 0 Å². The number of unbranched alkanes of at least 4 members (excludes halogenated alkanes) is 7. The van der Waals surface area contributed by atoms with E-state index in [0.717, 1.165) is 89.9 Å². The fraction of sp³-hybridized carbons (Fsp3) is 0.900. The van der Waals surface area contributed by atoms with Crippen molar-refractivity contribution in [1.82, 2.24) is 0 Å². The number of aliphatic carboxylic acids is 2. The Morgan fingerprint density at radius 2 is 0.875 bits per heavy atom. The monoisotopic (exact) mass is 342 g/mol. The molecule has 24 heavy (non-hydrogen) atoms. The van der Waals surface area contributed by atoms with E-state index in [4.69, 9.17) is 0 Å². The summed E-state index contributed by atoms with van der Waals surface area (Å²) in [5.74, 6) is -1.62. The Kier molecular flexibility index (Phi) is 14.8. The van der Waals surface area contributed by atoms with Gasteiger partial charge in [0.05, 0.1) is 11.8 Å². The Labute approximate surface area is 148 Å². The maximum atomic E-state index is 11.2. The lowest BCUT2D eigenvalue weighted by atomic mass is 9.94. The van der Waals surface area contributed by atoms with Gasteiger partial charge in [0, 0.05) is 0 Å². The molecule has 0 aliphatic carbocycles. The van der Waals surface area contributed by atoms with E-state index in [2.05, 4.69) is 13.8 Å². The molecule has 0 aliphatic heterocycles. The minimum absolute atomic E-state index is 0.167. The first-order chi connectivity index (χ1) is 11.5. The van der Waals surface area contributed by atoms with Crippen molar-refractivity contribution in [3.8, 4) is 0 Å². The van der Waals surface area contributed by atoms with Crippen LogP contribution in [-0.4, -0.2) is 22.2 Å². The zero-order valence-corrected chi connectivity index (χ0v) is 15.8. The van der Waals surface area contributed by atoms with Gasteiger partial charge in [0.1, 0.15) is 0 Å². The fourth-order valence-electron chi connectivity index (χ4n) is 3.17. The molecular weight excluding hydrogens is 304 g/mol. The third kappa shape index (κ3) is 12.4. The molecule has 0 saturated heterocycles. The van der Waals surface area contributed by atoms with Gasteiger partial charge in [0.15, 0.2) is 0 Å². The van der Waals surface area contributed by atoms with Crippen molar-refractivity contribution in [2.75, 3.05) is 0 Å². The van der Waals surface area contributed by atoms with E-state index >= 15 is 0 Å². The highest BCUT2D eigenvalue weighted by molar-refractivity contribution is 5.70. The van der Waals surface area contributed by atoms with Gasteiger partial charge in [0.25, 0.3) is 0 Å². The van der Waals surface area contributed by atoms with Gasteiger partial charge in [0.2, 0.25) is 0 Å². The molecule has 0 radical (unpaired) electrons. The Balaban J connectivity index is 3.64. The molecule has 2 atom stereocenters. The second kappa shape index (κ2) is 15.5. The summed E-state index contributed by atoms with van der Waals surface area (Å²) < 4.78 is 0. The summed E-state index contributed by atoms with van der Waals surface area (Å²) >= 11 is 0. The molecule has 0 fully saturated rings. The molecule has 4 heteroatoms. The molecule has 0 amide bonds. The predicted molar refractivity (Wildman–Crippen MR) is 98.2 cm³/mol. The molecule has 0 spiro atoms. The van der Waals surface area contributed by atoms with Crippen molar-refractivity contribution in [3.63, 3.8) is 0 Å². The van der Waals surface area contributed by atoms with Crippen LogP contribution in [0.25, 0.3) is 0 Å². The highest BCUT2D eigenvalue weighted by Gasteiger charge is 2.16. The van der Waals surface area contributed by atoms with Gasteiger partial charge in [-0.1, -0.05) is 78.1 Å². The van der Waals surface area contributed by atoms with E-state index in [1.807, 2.05) is 0 Å². The van der Waals surface area contributed by atoms with Crippen molar-refractivity contribution < 1.29 is 19.8 Å². The quantitative estimate of drug-likeness (QED) is 0.323. The van der Waals surface area contributed by atoms with Crippen LogP contribution in [0.3, 0.4) is 0 Å². The number of hydrogen-bond donors (Lipinski definition) is 2. The van der Waals surface area contributed by atoms with Crippen LogP contribution in [0.5, 0.6) is 0 Å². The summed E-state index contributed by atoms with van der Waals surface area (Å²) in [4.78, 5) is 22.3. The summed E-state index contributed by atoms with van der Waals surface area (Å²) in [5.41, 5.74) is 0. The third-order valence-corrected chi connectivity index (χ3v) is 4.87. The van der Waals surface area contributed by atoms with Crippen LogP contribution in [0.4, 0.5) is 0 Å². The second-order valence-corrected chi connectivity index (χ2v) is 7.05. The summed E-state index contributed by atoms with van der Waals surface area (Å²) in [6.45, 7) is 4.19. The van der Waals surface area contributed by atoms with Gasteiger partial charge in [-0.3, -0.25) is 9.59 Å². The maximum absolute atomic E-state index is 11.2. The van der Waals surface area contributed by atoms with Crippen molar-refractivity contribution in [3.05, 3.63) is 0 Å². The Hall–Kier alpha value is -1.06. The lowest BCUT2D eigenvalue weighted by Gasteiger charge is -2.12. The average Bonchev–Trinajstić information content (AvgIpc) is 2.54. The van der Waals surface area contributed by atoms with Crippen molar-refractivity contribution in [1.29, 1.82) is 0 Å². The van der Waals surface area contributed by atoms with E-state index in [9.17, 15) is 19.8 Å². The third-order valence-electron chi connectivity index (χ3n) is 4.87. The zero-order chi connectivity index (χ0) is 18.2. The molecule has 0 aromatic heterocycles. The number of carboxylic acid groups (broad SMARTS) is 2. The molecule has 0 rings (SSSR count). The van der Waals surface area contributed by atoms with E-state index < -0.39 is 11.9 Å². The van der Waals surface area contributed by atoms with Crippen molar-refractivity contribution in [2.24, 2.45) is 11.8 Å². The SMILES string of the molecule is CCCCC(CCCCCCCCC(CCCC)C(=O)O)C(=O)O. The topological polar surface area (TPSA) is 74.6 Å². The Bertz CT molecular complexity index is 296. The van der Waals surface area contributed by atoms with E-state index in [1.54, 1.807) is 0 Å². The standard InChI is InChI=1S/C20H38O4/c1-3-5-13-17(19(21)22)15-11-9-7-8-10-12-16-18(20(23)24)14-6-4-2/h17-18H,3-16H2,1-2H3,(H,21,22)(H,23,24). The number of carboxylic acids is 2. The summed E-state index contributed by atoms with van der Waals surface area (Å²) in [6, 6.07) is 0. The molecule has 0 aromatic rings. The smallest absolute Gasteiger partial charge is 0.306 e. The molecule has 0 saturated carbocycles. The van der Waals surface area contributed by atoms with Gasteiger partial charge in [-0.25, -0.2) is 0 Å². The first-order valence-electron chi connectivity index (χ1n) is 9.98. The van der Waals surface area contributed by atoms with E-state index in [-0.39, 0.29) is 11.8 Å². The lowest BCUT2D eigenvalue weighted by molar-refractivity contribution is -0.143. The Morgan fingerprint density at radius 3 is 1.17 bits per heavy atom. The van der Waals surface area contributed by atoms with Crippen LogP contribution in [0.15, 0.2) is 0 Å². The normalized spacial score (nSPS) is 13.6. The number of rotatable bonds is 17. The number of carbonyl (C=O) groups is 2. The van der Waals surface area contributed by atoms with Gasteiger partial charge in [-0.05, 0) is 25.7 Å². The molecule has 2 unspecified atom stereocenters. The molecule has 0 bridgehead atoms.